The number of Topliss-reactive ketones (excluding diaryl/α,β-unsaturated/α-hetero) is 1. The Hall–Kier alpha value is -1.91. The lowest BCUT2D eigenvalue weighted by Crippen LogP contribution is -2.11. The van der Waals surface area contributed by atoms with Crippen LogP contribution in [0.1, 0.15) is 32.7 Å². The highest BCUT2D eigenvalue weighted by Crippen LogP contribution is 2.31. The summed E-state index contributed by atoms with van der Waals surface area (Å²) in [5, 5.41) is 8.88. The predicted octanol–water partition coefficient (Wildman–Crippen LogP) is 1.24. The third kappa shape index (κ3) is 1.27. The summed E-state index contributed by atoms with van der Waals surface area (Å²) in [6.07, 6.45) is 0.399. The third-order valence-electron chi connectivity index (χ3n) is 2.51. The van der Waals surface area contributed by atoms with Crippen molar-refractivity contribution in [1.29, 1.82) is 0 Å². The number of hydrogen-bond donors (Lipinski definition) is 2. The van der Waals surface area contributed by atoms with Crippen molar-refractivity contribution in [1.82, 2.24) is 0 Å². The van der Waals surface area contributed by atoms with Crippen molar-refractivity contribution in [2.75, 3.05) is 5.73 Å². The minimum Gasteiger partial charge on any atom is -0.478 e. The molecule has 0 amide bonds. The number of carboxylic acids is 1. The van der Waals surface area contributed by atoms with Crippen LogP contribution in [0.25, 0.3) is 0 Å². The molecule has 0 bridgehead atoms. The first-order valence-electron chi connectivity index (χ1n) is 4.39. The van der Waals surface area contributed by atoms with Crippen LogP contribution < -0.4 is 5.73 Å². The summed E-state index contributed by atoms with van der Waals surface area (Å²) < 4.78 is 13.3. The molecule has 0 aromatic heterocycles. The fourth-order valence-corrected chi connectivity index (χ4v) is 1.86. The van der Waals surface area contributed by atoms with Crippen molar-refractivity contribution in [2.45, 2.75) is 12.8 Å². The lowest BCUT2D eigenvalue weighted by Gasteiger charge is -2.07. The molecule has 15 heavy (non-hydrogen) atoms. The Morgan fingerprint density at radius 1 is 1.47 bits per heavy atom. The molecule has 0 heterocycles. The van der Waals surface area contributed by atoms with Gasteiger partial charge in [-0.3, -0.25) is 4.79 Å². The number of benzene rings is 1. The number of carbonyl (C=O) groups is 2. The maximum absolute atomic E-state index is 13.3. The van der Waals surface area contributed by atoms with Crippen molar-refractivity contribution < 1.29 is 19.1 Å². The van der Waals surface area contributed by atoms with E-state index in [-0.39, 0.29) is 41.0 Å². The van der Waals surface area contributed by atoms with Crippen LogP contribution in [0.5, 0.6) is 0 Å². The minimum absolute atomic E-state index is 0.0556. The molecule has 0 unspecified atom stereocenters. The molecule has 5 heteroatoms. The van der Waals surface area contributed by atoms with E-state index >= 15 is 0 Å². The van der Waals surface area contributed by atoms with Gasteiger partial charge in [-0.05, 0) is 12.5 Å². The molecule has 78 valence electrons. The van der Waals surface area contributed by atoms with E-state index in [1.165, 1.54) is 0 Å². The minimum atomic E-state index is -1.29. The highest BCUT2D eigenvalue weighted by molar-refractivity contribution is 6.11. The molecular formula is C10H8FNO3. The molecule has 3 N–H and O–H groups in total. The zero-order valence-corrected chi connectivity index (χ0v) is 7.71. The lowest BCUT2D eigenvalue weighted by molar-refractivity contribution is 0.0693. The number of carboxylic acid groups (broad SMARTS) is 1. The zero-order valence-electron chi connectivity index (χ0n) is 7.71. The largest absolute Gasteiger partial charge is 0.478 e. The van der Waals surface area contributed by atoms with Crippen LogP contribution in [0.3, 0.4) is 0 Å². The topological polar surface area (TPSA) is 80.4 Å². The number of anilines is 1. The molecule has 0 saturated carbocycles. The first kappa shape index (κ1) is 9.64. The van der Waals surface area contributed by atoms with Crippen molar-refractivity contribution in [3.63, 3.8) is 0 Å². The van der Waals surface area contributed by atoms with Gasteiger partial charge in [0.1, 0.15) is 5.82 Å². The van der Waals surface area contributed by atoms with Gasteiger partial charge in [0.25, 0.3) is 0 Å². The van der Waals surface area contributed by atoms with E-state index < -0.39 is 11.8 Å². The maximum Gasteiger partial charge on any atom is 0.338 e. The van der Waals surface area contributed by atoms with E-state index in [0.717, 1.165) is 6.07 Å². The molecule has 0 radical (unpaired) electrons. The number of nitrogen functional groups attached to an aromatic ring is 1. The van der Waals surface area contributed by atoms with E-state index in [1.807, 2.05) is 0 Å². The standard InChI is InChI=1S/C10H8FNO3/c11-5-3-6(12)9(10(14)15)8-4(5)1-2-7(8)13/h3H,1-2,12H2,(H,14,15). The van der Waals surface area contributed by atoms with Crippen LogP contribution in [-0.2, 0) is 6.42 Å². The molecular weight excluding hydrogens is 201 g/mol. The van der Waals surface area contributed by atoms with Crippen LogP contribution in [0, 0.1) is 5.82 Å². The Balaban J connectivity index is 2.81. The molecule has 1 aromatic carbocycles. The summed E-state index contributed by atoms with van der Waals surface area (Å²) in [6.45, 7) is 0. The summed E-state index contributed by atoms with van der Waals surface area (Å²) in [5.74, 6) is -2.24. The van der Waals surface area contributed by atoms with Gasteiger partial charge < -0.3 is 10.8 Å². The second kappa shape index (κ2) is 3.05. The normalized spacial score (nSPS) is 14.1. The molecule has 1 aliphatic carbocycles. The Bertz CT molecular complexity index is 482. The molecule has 0 spiro atoms. The lowest BCUT2D eigenvalue weighted by atomic mass is 10.0. The molecule has 0 saturated heterocycles. The number of nitrogens with two attached hydrogens (primary N) is 1. The summed E-state index contributed by atoms with van der Waals surface area (Å²) in [5.41, 5.74) is 5.03. The molecule has 4 nitrogen and oxygen atoms in total. The average Bonchev–Trinajstić information content (AvgIpc) is 2.48. The zero-order chi connectivity index (χ0) is 11.2. The van der Waals surface area contributed by atoms with Crippen LogP contribution in [0.15, 0.2) is 6.07 Å². The highest BCUT2D eigenvalue weighted by Gasteiger charge is 2.30. The van der Waals surface area contributed by atoms with Gasteiger partial charge >= 0.3 is 5.97 Å². The Labute approximate surface area is 84.5 Å². The fraction of sp³-hybridized carbons (Fsp3) is 0.200. The van der Waals surface area contributed by atoms with Gasteiger partial charge in [-0.15, -0.1) is 0 Å². The van der Waals surface area contributed by atoms with E-state index in [4.69, 9.17) is 10.8 Å². The van der Waals surface area contributed by atoms with Crippen molar-refractivity contribution in [3.8, 4) is 0 Å². The second-order valence-electron chi connectivity index (χ2n) is 3.40. The number of fused-ring (bicyclic) bond motifs is 1. The Kier molecular flexibility index (Phi) is 1.96. The molecule has 0 fully saturated rings. The third-order valence-corrected chi connectivity index (χ3v) is 2.51. The number of halogens is 1. The number of carbonyl (C=O) groups excluding carboxylic acids is 1. The van der Waals surface area contributed by atoms with Crippen molar-refractivity contribution in [2.24, 2.45) is 0 Å². The number of rotatable bonds is 1. The molecule has 1 aromatic rings. The quantitative estimate of drug-likeness (QED) is 0.682. The average molecular weight is 209 g/mol. The first-order chi connectivity index (χ1) is 7.02. The monoisotopic (exact) mass is 209 g/mol. The van der Waals surface area contributed by atoms with E-state index in [9.17, 15) is 14.0 Å². The van der Waals surface area contributed by atoms with Gasteiger partial charge in [0, 0.05) is 23.2 Å². The molecule has 1 aliphatic rings. The van der Waals surface area contributed by atoms with Crippen LogP contribution in [0.4, 0.5) is 10.1 Å². The molecule has 0 aliphatic heterocycles. The summed E-state index contributed by atoms with van der Waals surface area (Å²) >= 11 is 0. The van der Waals surface area contributed by atoms with Crippen molar-refractivity contribution in [3.05, 3.63) is 28.6 Å². The maximum atomic E-state index is 13.3. The Morgan fingerprint density at radius 2 is 2.13 bits per heavy atom. The first-order valence-corrected chi connectivity index (χ1v) is 4.39. The molecule has 2 rings (SSSR count). The summed E-state index contributed by atoms with van der Waals surface area (Å²) in [6, 6.07) is 0.959. The van der Waals surface area contributed by atoms with Gasteiger partial charge in [-0.25, -0.2) is 9.18 Å². The van der Waals surface area contributed by atoms with Crippen molar-refractivity contribution >= 4 is 17.4 Å². The van der Waals surface area contributed by atoms with Gasteiger partial charge in [0.05, 0.1) is 5.56 Å². The fourth-order valence-electron chi connectivity index (χ4n) is 1.86. The number of ketones is 1. The summed E-state index contributed by atoms with van der Waals surface area (Å²) in [4.78, 5) is 22.3. The second-order valence-corrected chi connectivity index (χ2v) is 3.40. The number of aromatic carboxylic acids is 1. The van der Waals surface area contributed by atoms with Gasteiger partial charge in [-0.1, -0.05) is 0 Å². The molecule has 0 atom stereocenters. The van der Waals surface area contributed by atoms with Crippen LogP contribution in [0.2, 0.25) is 0 Å². The summed E-state index contributed by atoms with van der Waals surface area (Å²) in [7, 11) is 0. The van der Waals surface area contributed by atoms with E-state index in [2.05, 4.69) is 0 Å². The van der Waals surface area contributed by atoms with Gasteiger partial charge in [0.15, 0.2) is 5.78 Å². The Morgan fingerprint density at radius 3 is 2.73 bits per heavy atom. The number of hydrogen-bond acceptors (Lipinski definition) is 3. The smallest absolute Gasteiger partial charge is 0.338 e. The van der Waals surface area contributed by atoms with Crippen LogP contribution in [-0.4, -0.2) is 16.9 Å². The van der Waals surface area contributed by atoms with E-state index in [0.29, 0.717) is 0 Å². The van der Waals surface area contributed by atoms with Gasteiger partial charge in [0.2, 0.25) is 0 Å². The SMILES string of the molecule is Nc1cc(F)c2c(c1C(=O)O)C(=O)CC2. The highest BCUT2D eigenvalue weighted by atomic mass is 19.1. The van der Waals surface area contributed by atoms with Gasteiger partial charge in [-0.2, -0.15) is 0 Å². The van der Waals surface area contributed by atoms with E-state index in [1.54, 1.807) is 0 Å². The predicted molar refractivity (Wildman–Crippen MR) is 50.4 cm³/mol. The van der Waals surface area contributed by atoms with Crippen LogP contribution >= 0.6 is 0 Å².